The van der Waals surface area contributed by atoms with Crippen LogP contribution in [-0.2, 0) is 6.42 Å². The van der Waals surface area contributed by atoms with Crippen LogP contribution in [0.2, 0.25) is 0 Å². The van der Waals surface area contributed by atoms with Crippen LogP contribution < -0.4 is 0 Å². The number of hydrogen-bond acceptors (Lipinski definition) is 4. The largest absolute Gasteiger partial charge is 0.296 e. The zero-order valence-electron chi connectivity index (χ0n) is 15.1. The summed E-state index contributed by atoms with van der Waals surface area (Å²) in [7, 11) is 0. The first kappa shape index (κ1) is 17.4. The fourth-order valence-electron chi connectivity index (χ4n) is 4.22. The third-order valence-electron chi connectivity index (χ3n) is 5.55. The molecule has 1 aromatic carbocycles. The number of fused-ring (bicyclic) bond motifs is 2. The molecule has 1 aromatic heterocycles. The highest BCUT2D eigenvalue weighted by Gasteiger charge is 2.34. The Morgan fingerprint density at radius 2 is 1.73 bits per heavy atom. The van der Waals surface area contributed by atoms with Crippen LogP contribution in [-0.4, -0.2) is 41.2 Å². The second-order valence-electron chi connectivity index (χ2n) is 7.02. The maximum absolute atomic E-state index is 12.4. The molecular formula is C21H24N2O2S. The van der Waals surface area contributed by atoms with E-state index in [4.69, 9.17) is 0 Å². The molecule has 2 amide bonds. The zero-order valence-corrected chi connectivity index (χ0v) is 15.9. The lowest BCUT2D eigenvalue weighted by Crippen LogP contribution is -2.36. The Hall–Kier alpha value is -1.98. The van der Waals surface area contributed by atoms with E-state index in [-0.39, 0.29) is 11.8 Å². The predicted octanol–water partition coefficient (Wildman–Crippen LogP) is 4.13. The van der Waals surface area contributed by atoms with Gasteiger partial charge in [-0.25, -0.2) is 0 Å². The maximum atomic E-state index is 12.4. The number of rotatable bonds is 6. The highest BCUT2D eigenvalue weighted by Crippen LogP contribution is 2.35. The topological polar surface area (TPSA) is 40.6 Å². The van der Waals surface area contributed by atoms with E-state index < -0.39 is 0 Å². The molecule has 0 fully saturated rings. The van der Waals surface area contributed by atoms with Crippen molar-refractivity contribution >= 4 is 23.2 Å². The molecule has 0 saturated carbocycles. The summed E-state index contributed by atoms with van der Waals surface area (Å²) in [6.45, 7) is 4.90. The Bertz CT molecular complexity index is 794. The minimum absolute atomic E-state index is 0.141. The van der Waals surface area contributed by atoms with Gasteiger partial charge in [-0.15, -0.1) is 11.3 Å². The Kier molecular flexibility index (Phi) is 4.92. The summed E-state index contributed by atoms with van der Waals surface area (Å²) in [5.74, 6) is -0.282. The molecule has 3 heterocycles. The molecule has 0 aliphatic carbocycles. The minimum Gasteiger partial charge on any atom is -0.296 e. The fourth-order valence-corrected chi connectivity index (χ4v) is 5.15. The third kappa shape index (κ3) is 2.99. The van der Waals surface area contributed by atoms with E-state index in [0.29, 0.717) is 23.7 Å². The van der Waals surface area contributed by atoms with E-state index in [1.165, 1.54) is 10.5 Å². The number of amides is 2. The lowest BCUT2D eigenvalue weighted by Gasteiger charge is -2.35. The molecule has 0 bridgehead atoms. The van der Waals surface area contributed by atoms with Crippen molar-refractivity contribution < 1.29 is 9.59 Å². The molecule has 1 atom stereocenters. The molecule has 26 heavy (non-hydrogen) atoms. The van der Waals surface area contributed by atoms with Crippen LogP contribution in [0.15, 0.2) is 35.7 Å². The van der Waals surface area contributed by atoms with Gasteiger partial charge in [0.15, 0.2) is 0 Å². The summed E-state index contributed by atoms with van der Waals surface area (Å²) in [5, 5.41) is 2.21. The van der Waals surface area contributed by atoms with Crippen LogP contribution >= 0.6 is 11.3 Å². The van der Waals surface area contributed by atoms with Gasteiger partial charge in [0.1, 0.15) is 0 Å². The first-order valence-corrected chi connectivity index (χ1v) is 10.3. The third-order valence-corrected chi connectivity index (χ3v) is 6.54. The number of imide groups is 1. The maximum Gasteiger partial charge on any atom is 0.261 e. The molecule has 0 spiro atoms. The van der Waals surface area contributed by atoms with Gasteiger partial charge in [0, 0.05) is 24.0 Å². The Balaban J connectivity index is 1.31. The molecule has 1 unspecified atom stereocenters. The average Bonchev–Trinajstić information content (AvgIpc) is 3.23. The van der Waals surface area contributed by atoms with Gasteiger partial charge in [0.25, 0.3) is 11.8 Å². The van der Waals surface area contributed by atoms with Gasteiger partial charge in [-0.3, -0.25) is 19.4 Å². The fraction of sp³-hybridized carbons (Fsp3) is 0.429. The highest BCUT2D eigenvalue weighted by molar-refractivity contribution is 7.10. The number of unbranched alkanes of at least 4 members (excludes halogenated alkanes) is 1. The number of nitrogens with zero attached hydrogens (tertiary/aromatic N) is 2. The van der Waals surface area contributed by atoms with Crippen molar-refractivity contribution in [2.75, 3.05) is 19.6 Å². The van der Waals surface area contributed by atoms with Crippen LogP contribution in [0.5, 0.6) is 0 Å². The van der Waals surface area contributed by atoms with Crippen LogP contribution in [0.3, 0.4) is 0 Å². The first-order chi connectivity index (χ1) is 12.7. The molecule has 136 valence electrons. The molecule has 4 nitrogen and oxygen atoms in total. The average molecular weight is 369 g/mol. The van der Waals surface area contributed by atoms with E-state index in [1.54, 1.807) is 17.0 Å². The summed E-state index contributed by atoms with van der Waals surface area (Å²) >= 11 is 1.88. The van der Waals surface area contributed by atoms with E-state index in [9.17, 15) is 9.59 Å². The predicted molar refractivity (Wildman–Crippen MR) is 104 cm³/mol. The van der Waals surface area contributed by atoms with Crippen LogP contribution in [0.25, 0.3) is 0 Å². The molecule has 0 radical (unpaired) electrons. The van der Waals surface area contributed by atoms with Crippen molar-refractivity contribution in [2.45, 2.75) is 38.6 Å². The second-order valence-corrected chi connectivity index (χ2v) is 8.02. The van der Waals surface area contributed by atoms with Gasteiger partial charge in [-0.1, -0.05) is 19.1 Å². The molecule has 2 aliphatic heterocycles. The van der Waals surface area contributed by atoms with Gasteiger partial charge in [0.05, 0.1) is 11.1 Å². The summed E-state index contributed by atoms with van der Waals surface area (Å²) in [5.41, 5.74) is 2.60. The Morgan fingerprint density at radius 1 is 1.04 bits per heavy atom. The van der Waals surface area contributed by atoms with Crippen molar-refractivity contribution in [1.82, 2.24) is 9.80 Å². The number of carbonyl (C=O) groups excluding carboxylic acids is 2. The number of thiophene rings is 1. The Morgan fingerprint density at radius 3 is 2.42 bits per heavy atom. The van der Waals surface area contributed by atoms with E-state index in [1.807, 2.05) is 23.5 Å². The van der Waals surface area contributed by atoms with Crippen LogP contribution in [0.4, 0.5) is 0 Å². The highest BCUT2D eigenvalue weighted by atomic mass is 32.1. The van der Waals surface area contributed by atoms with Gasteiger partial charge >= 0.3 is 0 Å². The van der Waals surface area contributed by atoms with Gasteiger partial charge < -0.3 is 0 Å². The lowest BCUT2D eigenvalue weighted by molar-refractivity contribution is 0.0649. The molecule has 4 rings (SSSR count). The lowest BCUT2D eigenvalue weighted by atomic mass is 9.97. The molecule has 0 N–H and O–H groups in total. The van der Waals surface area contributed by atoms with Crippen LogP contribution in [0, 0.1) is 0 Å². The number of benzene rings is 1. The van der Waals surface area contributed by atoms with E-state index in [0.717, 1.165) is 38.8 Å². The van der Waals surface area contributed by atoms with Crippen molar-refractivity contribution in [3.8, 4) is 0 Å². The summed E-state index contributed by atoms with van der Waals surface area (Å²) in [4.78, 5) is 30.3. The van der Waals surface area contributed by atoms with Crippen molar-refractivity contribution in [3.05, 3.63) is 57.3 Å². The first-order valence-electron chi connectivity index (χ1n) is 9.46. The summed E-state index contributed by atoms with van der Waals surface area (Å²) in [6.07, 6.45) is 4.13. The van der Waals surface area contributed by atoms with Gasteiger partial charge in [-0.2, -0.15) is 0 Å². The van der Waals surface area contributed by atoms with E-state index >= 15 is 0 Å². The Labute approximate surface area is 158 Å². The van der Waals surface area contributed by atoms with Gasteiger partial charge in [-0.05, 0) is 61.4 Å². The SMILES string of the molecule is CCC1c2ccsc2CCN1CCCCN1C(=O)c2ccccc2C1=O. The molecule has 2 aromatic rings. The zero-order chi connectivity index (χ0) is 18.1. The second kappa shape index (κ2) is 7.33. The standard InChI is InChI=1S/C21H24N2O2S/c1-2-18-17-10-14-26-19(17)9-13-22(18)11-5-6-12-23-20(24)15-7-3-4-8-16(15)21(23)25/h3-4,7-8,10,14,18H,2,5-6,9,11-13H2,1H3. The van der Waals surface area contributed by atoms with Crippen molar-refractivity contribution in [3.63, 3.8) is 0 Å². The smallest absolute Gasteiger partial charge is 0.261 e. The summed E-state index contributed by atoms with van der Waals surface area (Å²) in [6, 6.07) is 9.91. The molecule has 5 heteroatoms. The van der Waals surface area contributed by atoms with Crippen molar-refractivity contribution in [2.24, 2.45) is 0 Å². The quantitative estimate of drug-likeness (QED) is 0.568. The number of carbonyl (C=O) groups is 2. The van der Waals surface area contributed by atoms with Crippen molar-refractivity contribution in [1.29, 1.82) is 0 Å². The summed E-state index contributed by atoms with van der Waals surface area (Å²) < 4.78 is 0. The molecular weight excluding hydrogens is 344 g/mol. The minimum atomic E-state index is -0.141. The van der Waals surface area contributed by atoms with Gasteiger partial charge in [0.2, 0.25) is 0 Å². The van der Waals surface area contributed by atoms with Crippen LogP contribution in [0.1, 0.15) is 63.4 Å². The van der Waals surface area contributed by atoms with E-state index in [2.05, 4.69) is 23.3 Å². The normalized spacial score (nSPS) is 19.7. The molecule has 2 aliphatic rings. The number of hydrogen-bond donors (Lipinski definition) is 0. The monoisotopic (exact) mass is 368 g/mol. The molecule has 0 saturated heterocycles.